The first-order valence-electron chi connectivity index (χ1n) is 8.19. The monoisotopic (exact) mass is 345 g/mol. The number of benzene rings is 1. The first kappa shape index (κ1) is 16.7. The van der Waals surface area contributed by atoms with Gasteiger partial charge in [0.25, 0.3) is 5.56 Å². The van der Waals surface area contributed by atoms with Crippen LogP contribution in [0.3, 0.4) is 0 Å². The summed E-state index contributed by atoms with van der Waals surface area (Å²) in [6, 6.07) is 6.93. The van der Waals surface area contributed by atoms with E-state index in [1.165, 1.54) is 4.68 Å². The third-order valence-electron chi connectivity index (χ3n) is 4.29. The second kappa shape index (κ2) is 7.18. The normalized spacial score (nSPS) is 13.9. The van der Waals surface area contributed by atoms with E-state index in [1.54, 1.807) is 18.2 Å². The summed E-state index contributed by atoms with van der Waals surface area (Å²) in [6.45, 7) is 1.79. The molecule has 126 valence electrons. The summed E-state index contributed by atoms with van der Waals surface area (Å²) in [6.07, 6.45) is 5.08. The molecule has 1 aromatic carbocycles. The van der Waals surface area contributed by atoms with Crippen LogP contribution in [-0.4, -0.2) is 15.7 Å². The summed E-state index contributed by atoms with van der Waals surface area (Å²) in [5.41, 5.74) is 3.30. The van der Waals surface area contributed by atoms with Crippen LogP contribution in [0.25, 0.3) is 0 Å². The Kier molecular flexibility index (Phi) is 5.00. The average Bonchev–Trinajstić information content (AvgIpc) is 2.76. The molecule has 1 aromatic heterocycles. The van der Waals surface area contributed by atoms with Gasteiger partial charge in [0.2, 0.25) is 5.91 Å². The number of nitrogens with zero attached hydrogens (tertiary/aromatic N) is 2. The highest BCUT2D eigenvalue weighted by atomic mass is 35.5. The van der Waals surface area contributed by atoms with E-state index in [2.05, 4.69) is 10.4 Å². The molecule has 0 fully saturated rings. The number of amides is 1. The minimum absolute atomic E-state index is 0.0991. The van der Waals surface area contributed by atoms with Gasteiger partial charge in [0.15, 0.2) is 0 Å². The van der Waals surface area contributed by atoms with E-state index in [0.29, 0.717) is 10.7 Å². The van der Waals surface area contributed by atoms with Crippen LogP contribution in [0.15, 0.2) is 29.1 Å². The van der Waals surface area contributed by atoms with E-state index in [4.69, 9.17) is 11.6 Å². The maximum absolute atomic E-state index is 12.3. The maximum atomic E-state index is 12.3. The number of aryl methyl sites for hydroxylation is 3. The van der Waals surface area contributed by atoms with Crippen LogP contribution in [0.1, 0.15) is 36.1 Å². The Morgan fingerprint density at radius 1 is 1.25 bits per heavy atom. The van der Waals surface area contributed by atoms with Crippen molar-refractivity contribution < 1.29 is 4.79 Å². The zero-order valence-electron chi connectivity index (χ0n) is 13.6. The summed E-state index contributed by atoms with van der Waals surface area (Å²) in [4.78, 5) is 24.5. The van der Waals surface area contributed by atoms with Crippen molar-refractivity contribution in [3.63, 3.8) is 0 Å². The molecule has 0 spiro atoms. The smallest absolute Gasteiger partial charge is 0.267 e. The highest BCUT2D eigenvalue weighted by Gasteiger charge is 2.14. The summed E-state index contributed by atoms with van der Waals surface area (Å²) in [5, 5.41) is 7.76. The van der Waals surface area contributed by atoms with E-state index in [9.17, 15) is 9.59 Å². The quantitative estimate of drug-likeness (QED) is 0.869. The van der Waals surface area contributed by atoms with E-state index in [0.717, 1.165) is 48.9 Å². The lowest BCUT2D eigenvalue weighted by Gasteiger charge is -2.11. The number of fused-ring (bicyclic) bond motifs is 1. The Labute approximate surface area is 145 Å². The van der Waals surface area contributed by atoms with Gasteiger partial charge in [-0.3, -0.25) is 9.59 Å². The van der Waals surface area contributed by atoms with Crippen molar-refractivity contribution in [1.29, 1.82) is 0 Å². The Morgan fingerprint density at radius 3 is 2.88 bits per heavy atom. The molecular weight excluding hydrogens is 326 g/mol. The van der Waals surface area contributed by atoms with E-state index >= 15 is 0 Å². The van der Waals surface area contributed by atoms with Crippen molar-refractivity contribution in [2.24, 2.45) is 0 Å². The molecule has 0 radical (unpaired) electrons. The molecule has 2 aromatic rings. The van der Waals surface area contributed by atoms with Crippen LogP contribution in [-0.2, 0) is 24.2 Å². The molecule has 24 heavy (non-hydrogen) atoms. The zero-order valence-corrected chi connectivity index (χ0v) is 14.4. The van der Waals surface area contributed by atoms with Gasteiger partial charge in [-0.2, -0.15) is 5.10 Å². The van der Waals surface area contributed by atoms with Crippen molar-refractivity contribution in [3.8, 4) is 0 Å². The Hall–Kier alpha value is -2.14. The lowest BCUT2D eigenvalue weighted by Crippen LogP contribution is -2.30. The second-order valence-electron chi connectivity index (χ2n) is 6.18. The third kappa shape index (κ3) is 3.85. The molecule has 0 unspecified atom stereocenters. The molecule has 1 aliphatic rings. The number of aromatic nitrogens is 2. The number of hydrogen-bond donors (Lipinski definition) is 1. The van der Waals surface area contributed by atoms with Gasteiger partial charge < -0.3 is 5.32 Å². The van der Waals surface area contributed by atoms with Crippen LogP contribution in [0, 0.1) is 6.92 Å². The molecule has 6 heteroatoms. The maximum Gasteiger partial charge on any atom is 0.267 e. The van der Waals surface area contributed by atoms with Crippen LogP contribution in [0.5, 0.6) is 0 Å². The number of nitrogens with one attached hydrogen (secondary N) is 1. The van der Waals surface area contributed by atoms with Gasteiger partial charge in [0.1, 0.15) is 6.54 Å². The summed E-state index contributed by atoms with van der Waals surface area (Å²) < 4.78 is 1.25. The Balaban J connectivity index is 1.78. The fourth-order valence-corrected chi connectivity index (χ4v) is 3.12. The lowest BCUT2D eigenvalue weighted by atomic mass is 10.1. The SMILES string of the molecule is Cc1ccc(Cl)cc1NC(=O)Cn1nc2c(cc1=O)CCCCC2. The van der Waals surface area contributed by atoms with Crippen molar-refractivity contribution in [3.05, 3.63) is 56.5 Å². The fraction of sp³-hybridized carbons (Fsp3) is 0.389. The predicted molar refractivity (Wildman–Crippen MR) is 94.6 cm³/mol. The number of rotatable bonds is 3. The van der Waals surface area contributed by atoms with Crippen LogP contribution in [0.2, 0.25) is 5.02 Å². The molecule has 0 saturated carbocycles. The molecule has 0 bridgehead atoms. The molecule has 0 saturated heterocycles. The van der Waals surface area contributed by atoms with E-state index in [1.807, 2.05) is 13.0 Å². The van der Waals surface area contributed by atoms with Gasteiger partial charge in [-0.1, -0.05) is 24.1 Å². The van der Waals surface area contributed by atoms with Gasteiger partial charge in [-0.25, -0.2) is 4.68 Å². The molecule has 1 aliphatic carbocycles. The standard InChI is InChI=1S/C18H20ClN3O2/c1-12-7-8-14(19)10-16(12)20-17(23)11-22-18(24)9-13-5-3-2-4-6-15(13)21-22/h7-10H,2-6,11H2,1H3,(H,20,23). The number of hydrogen-bond acceptors (Lipinski definition) is 3. The Morgan fingerprint density at radius 2 is 2.04 bits per heavy atom. The highest BCUT2D eigenvalue weighted by molar-refractivity contribution is 6.31. The lowest BCUT2D eigenvalue weighted by molar-refractivity contribution is -0.117. The van der Waals surface area contributed by atoms with Crippen molar-refractivity contribution in [1.82, 2.24) is 9.78 Å². The molecular formula is C18H20ClN3O2. The highest BCUT2D eigenvalue weighted by Crippen LogP contribution is 2.20. The van der Waals surface area contributed by atoms with Crippen LogP contribution < -0.4 is 10.9 Å². The molecule has 1 N–H and O–H groups in total. The zero-order chi connectivity index (χ0) is 17.1. The number of anilines is 1. The second-order valence-corrected chi connectivity index (χ2v) is 6.62. The number of carbonyl (C=O) groups is 1. The fourth-order valence-electron chi connectivity index (χ4n) is 2.95. The molecule has 0 aliphatic heterocycles. The first-order valence-corrected chi connectivity index (χ1v) is 8.56. The van der Waals surface area contributed by atoms with Gasteiger partial charge >= 0.3 is 0 Å². The number of carbonyl (C=O) groups excluding carboxylic acids is 1. The minimum atomic E-state index is -0.288. The molecule has 1 heterocycles. The van der Waals surface area contributed by atoms with E-state index < -0.39 is 0 Å². The summed E-state index contributed by atoms with van der Waals surface area (Å²) in [7, 11) is 0. The van der Waals surface area contributed by atoms with E-state index in [-0.39, 0.29) is 18.0 Å². The van der Waals surface area contributed by atoms with Crippen LogP contribution >= 0.6 is 11.6 Å². The minimum Gasteiger partial charge on any atom is -0.324 e. The summed E-state index contributed by atoms with van der Waals surface area (Å²) in [5.74, 6) is -0.288. The van der Waals surface area contributed by atoms with Crippen molar-refractivity contribution in [2.45, 2.75) is 45.6 Å². The van der Waals surface area contributed by atoms with Crippen LogP contribution in [0.4, 0.5) is 5.69 Å². The van der Waals surface area contributed by atoms with Crippen molar-refractivity contribution in [2.75, 3.05) is 5.32 Å². The van der Waals surface area contributed by atoms with Crippen molar-refractivity contribution >= 4 is 23.2 Å². The third-order valence-corrected chi connectivity index (χ3v) is 4.53. The van der Waals surface area contributed by atoms with Gasteiger partial charge in [0, 0.05) is 16.8 Å². The molecule has 3 rings (SSSR count). The Bertz CT molecular complexity index is 829. The van der Waals surface area contributed by atoms with Gasteiger partial charge in [0.05, 0.1) is 5.69 Å². The predicted octanol–water partition coefficient (Wildman–Crippen LogP) is 3.11. The topological polar surface area (TPSA) is 64.0 Å². The number of halogens is 1. The molecule has 5 nitrogen and oxygen atoms in total. The van der Waals surface area contributed by atoms with Gasteiger partial charge in [-0.15, -0.1) is 0 Å². The first-order chi connectivity index (χ1) is 11.5. The molecule has 1 amide bonds. The molecule has 0 atom stereocenters. The average molecular weight is 346 g/mol. The summed E-state index contributed by atoms with van der Waals surface area (Å²) >= 11 is 5.96. The largest absolute Gasteiger partial charge is 0.324 e. The van der Waals surface area contributed by atoms with Gasteiger partial charge in [-0.05, 0) is 55.9 Å².